The van der Waals surface area contributed by atoms with E-state index in [0.717, 1.165) is 96.2 Å². The van der Waals surface area contributed by atoms with Crippen LogP contribution >= 0.6 is 11.6 Å². The van der Waals surface area contributed by atoms with Gasteiger partial charge in [0.25, 0.3) is 0 Å². The van der Waals surface area contributed by atoms with Crippen molar-refractivity contribution in [3.63, 3.8) is 0 Å². The van der Waals surface area contributed by atoms with Crippen molar-refractivity contribution in [2.75, 3.05) is 50.7 Å². The molecule has 2 aromatic carbocycles. The number of hydrogen-bond acceptors (Lipinski definition) is 7. The highest BCUT2D eigenvalue weighted by Gasteiger charge is 2.30. The Morgan fingerprint density at radius 3 is 2.46 bits per heavy atom. The zero-order valence-corrected chi connectivity index (χ0v) is 29.0. The van der Waals surface area contributed by atoms with E-state index in [1.54, 1.807) is 0 Å². The van der Waals surface area contributed by atoms with E-state index >= 15 is 0 Å². The number of pyridine rings is 1. The van der Waals surface area contributed by atoms with E-state index < -0.39 is 0 Å². The third-order valence-corrected chi connectivity index (χ3v) is 11.2. The number of benzene rings is 2. The first-order valence-electron chi connectivity index (χ1n) is 18.0. The number of piperazine rings is 1. The van der Waals surface area contributed by atoms with Gasteiger partial charge in [-0.25, -0.2) is 4.98 Å². The van der Waals surface area contributed by atoms with Gasteiger partial charge in [0.05, 0.1) is 17.5 Å². The van der Waals surface area contributed by atoms with Gasteiger partial charge in [0, 0.05) is 61.6 Å². The fourth-order valence-electron chi connectivity index (χ4n) is 7.78. The number of aromatic nitrogens is 2. The van der Waals surface area contributed by atoms with Gasteiger partial charge in [0.2, 0.25) is 17.7 Å². The molecule has 4 aliphatic rings. The second kappa shape index (κ2) is 14.2. The number of H-pyrrole nitrogens is 1. The maximum atomic E-state index is 13.4. The van der Waals surface area contributed by atoms with Crippen LogP contribution in [0.3, 0.4) is 0 Å². The zero-order chi connectivity index (χ0) is 34.2. The number of imide groups is 1. The minimum absolute atomic E-state index is 0.123. The number of halogens is 1. The van der Waals surface area contributed by atoms with E-state index in [4.69, 9.17) is 16.3 Å². The molecule has 5 heterocycles. The molecule has 4 fully saturated rings. The van der Waals surface area contributed by atoms with Crippen LogP contribution in [0.1, 0.15) is 67.9 Å². The summed E-state index contributed by atoms with van der Waals surface area (Å²) >= 11 is 6.98. The van der Waals surface area contributed by atoms with Crippen molar-refractivity contribution < 1.29 is 19.1 Å². The van der Waals surface area contributed by atoms with Gasteiger partial charge in [-0.1, -0.05) is 35.9 Å². The number of likely N-dealkylation sites (tertiary alicyclic amines) is 1. The van der Waals surface area contributed by atoms with Crippen LogP contribution in [0.25, 0.3) is 22.2 Å². The molecular formula is C39H43ClN6O4. The Balaban J connectivity index is 0.784. The summed E-state index contributed by atoms with van der Waals surface area (Å²) in [6.07, 6.45) is 10.3. The van der Waals surface area contributed by atoms with E-state index in [9.17, 15) is 14.4 Å². The Hall–Kier alpha value is -4.25. The molecule has 4 aromatic rings. The third kappa shape index (κ3) is 7.02. The van der Waals surface area contributed by atoms with Crippen molar-refractivity contribution in [1.29, 1.82) is 0 Å². The highest BCUT2D eigenvalue weighted by Crippen LogP contribution is 2.46. The molecule has 3 aliphatic heterocycles. The summed E-state index contributed by atoms with van der Waals surface area (Å²) in [6, 6.07) is 15.9. The van der Waals surface area contributed by atoms with Crippen LogP contribution in [-0.4, -0.2) is 89.4 Å². The Kier molecular flexibility index (Phi) is 9.33. The van der Waals surface area contributed by atoms with Gasteiger partial charge >= 0.3 is 0 Å². The lowest BCUT2D eigenvalue weighted by molar-refractivity contribution is -0.134. The molecule has 11 heteroatoms. The molecule has 1 saturated carbocycles. The molecule has 1 atom stereocenters. The van der Waals surface area contributed by atoms with Crippen LogP contribution in [-0.2, 0) is 14.4 Å². The predicted octanol–water partition coefficient (Wildman–Crippen LogP) is 5.86. The zero-order valence-electron chi connectivity index (χ0n) is 28.2. The molecule has 0 bridgehead atoms. The predicted molar refractivity (Wildman–Crippen MR) is 194 cm³/mol. The molecular weight excluding hydrogens is 652 g/mol. The standard InChI is InChI=1S/C39H43ClN6O4/c40-37-33(23-42-38-36(37)32(22-41-38)26-5-6-26)27-3-1-4-28(21-27)46-20-19-45(24-35(46)48)16-2-15-44-17-13-30(14-18-44)50-29-9-7-25(8-10-29)31-11-12-34(47)43-39(31)49/h1,3-4,7-10,21-23,26,30-31H,2,5-6,11-20,24H2,(H,41,42)(H,43,47,49). The minimum Gasteiger partial charge on any atom is -0.490 e. The molecule has 0 spiro atoms. The lowest BCUT2D eigenvalue weighted by atomic mass is 9.90. The number of anilines is 1. The van der Waals surface area contributed by atoms with E-state index in [1.165, 1.54) is 18.4 Å². The van der Waals surface area contributed by atoms with E-state index in [2.05, 4.69) is 31.2 Å². The van der Waals surface area contributed by atoms with Crippen molar-refractivity contribution >= 4 is 46.0 Å². The third-order valence-electron chi connectivity index (χ3n) is 10.8. The topological polar surface area (TPSA) is 111 Å². The molecule has 50 heavy (non-hydrogen) atoms. The summed E-state index contributed by atoms with van der Waals surface area (Å²) in [6.45, 7) is 5.81. The van der Waals surface area contributed by atoms with Crippen LogP contribution in [0.4, 0.5) is 5.69 Å². The summed E-state index contributed by atoms with van der Waals surface area (Å²) in [7, 11) is 0. The SMILES string of the molecule is O=C1CCC(c2ccc(OC3CCN(CCCN4CCN(c5cccc(-c6cnc7[nH]cc(C8CC8)c7c6Cl)c5)C(=O)C4)CC3)cc2)C(=O)N1. The average molecular weight is 695 g/mol. The van der Waals surface area contributed by atoms with Gasteiger partial charge in [-0.2, -0.15) is 0 Å². The Morgan fingerprint density at radius 1 is 0.900 bits per heavy atom. The molecule has 8 rings (SSSR count). The van der Waals surface area contributed by atoms with E-state index in [-0.39, 0.29) is 29.7 Å². The first-order valence-corrected chi connectivity index (χ1v) is 18.4. The van der Waals surface area contributed by atoms with Crippen molar-refractivity contribution in [2.45, 2.75) is 62.9 Å². The number of nitrogens with zero attached hydrogens (tertiary/aromatic N) is 4. The molecule has 3 amide bonds. The second-order valence-corrected chi connectivity index (χ2v) is 14.6. The maximum absolute atomic E-state index is 13.4. The molecule has 1 unspecified atom stereocenters. The van der Waals surface area contributed by atoms with Crippen LogP contribution < -0.4 is 15.0 Å². The number of hydrogen-bond donors (Lipinski definition) is 2. The van der Waals surface area contributed by atoms with Gasteiger partial charge in [-0.05, 0) is 98.5 Å². The minimum atomic E-state index is -0.279. The number of fused-ring (bicyclic) bond motifs is 1. The summed E-state index contributed by atoms with van der Waals surface area (Å²) in [5.74, 6) is 0.813. The van der Waals surface area contributed by atoms with Crippen LogP contribution in [0.15, 0.2) is 60.9 Å². The van der Waals surface area contributed by atoms with Crippen LogP contribution in [0.5, 0.6) is 5.75 Å². The van der Waals surface area contributed by atoms with Gasteiger partial charge in [0.1, 0.15) is 17.5 Å². The number of carbonyl (C=O) groups is 3. The smallest absolute Gasteiger partial charge is 0.241 e. The number of aromatic amines is 1. The number of rotatable bonds is 10. The highest BCUT2D eigenvalue weighted by molar-refractivity contribution is 6.38. The number of piperidine rings is 2. The quantitative estimate of drug-likeness (QED) is 0.200. The first kappa shape index (κ1) is 32.9. The van der Waals surface area contributed by atoms with Gasteiger partial charge in [0.15, 0.2) is 0 Å². The second-order valence-electron chi connectivity index (χ2n) is 14.2. The van der Waals surface area contributed by atoms with E-state index in [0.29, 0.717) is 31.8 Å². The number of nitrogens with one attached hydrogen (secondary N) is 2. The van der Waals surface area contributed by atoms with Crippen molar-refractivity contribution in [2.24, 2.45) is 0 Å². The highest BCUT2D eigenvalue weighted by atomic mass is 35.5. The number of carbonyl (C=O) groups excluding carboxylic acids is 3. The lowest BCUT2D eigenvalue weighted by Crippen LogP contribution is -2.51. The molecule has 2 aromatic heterocycles. The Morgan fingerprint density at radius 2 is 1.70 bits per heavy atom. The molecule has 0 radical (unpaired) electrons. The average Bonchev–Trinajstić information content (AvgIpc) is 3.88. The molecule has 260 valence electrons. The molecule has 3 saturated heterocycles. The normalized spacial score (nSPS) is 21.2. The van der Waals surface area contributed by atoms with Crippen LogP contribution in [0, 0.1) is 0 Å². The fourth-order valence-corrected chi connectivity index (χ4v) is 8.13. The fraction of sp³-hybridized carbons (Fsp3) is 0.436. The molecule has 2 N–H and O–H groups in total. The summed E-state index contributed by atoms with van der Waals surface area (Å²) in [4.78, 5) is 51.6. The summed E-state index contributed by atoms with van der Waals surface area (Å²) in [5.41, 5.74) is 5.76. The monoisotopic (exact) mass is 694 g/mol. The van der Waals surface area contributed by atoms with Gasteiger partial charge in [-0.3, -0.25) is 24.6 Å². The van der Waals surface area contributed by atoms with Gasteiger partial charge in [-0.15, -0.1) is 0 Å². The Bertz CT molecular complexity index is 1900. The summed E-state index contributed by atoms with van der Waals surface area (Å²) in [5, 5.41) is 4.18. The van der Waals surface area contributed by atoms with Crippen molar-refractivity contribution in [3.05, 3.63) is 77.1 Å². The summed E-state index contributed by atoms with van der Waals surface area (Å²) < 4.78 is 6.27. The largest absolute Gasteiger partial charge is 0.490 e. The maximum Gasteiger partial charge on any atom is 0.241 e. The van der Waals surface area contributed by atoms with Gasteiger partial charge < -0.3 is 19.5 Å². The van der Waals surface area contributed by atoms with E-state index in [1.807, 2.05) is 59.8 Å². The lowest BCUT2D eigenvalue weighted by Gasteiger charge is -2.35. The molecule has 10 nitrogen and oxygen atoms in total. The van der Waals surface area contributed by atoms with Crippen LogP contribution in [0.2, 0.25) is 5.02 Å². The Labute approximate surface area is 297 Å². The van der Waals surface area contributed by atoms with Crippen molar-refractivity contribution in [3.8, 4) is 16.9 Å². The molecule has 1 aliphatic carbocycles. The first-order chi connectivity index (χ1) is 24.4. The van der Waals surface area contributed by atoms with Crippen molar-refractivity contribution in [1.82, 2.24) is 25.1 Å². The number of amides is 3. The number of ether oxygens (including phenoxy) is 1.